The fourth-order valence-corrected chi connectivity index (χ4v) is 3.59. The van der Waals surface area contributed by atoms with E-state index < -0.39 is 0 Å². The molecule has 0 aliphatic heterocycles. The molecule has 1 saturated carbocycles. The molecule has 1 amide bonds. The number of aromatic nitrogens is 1. The zero-order valence-corrected chi connectivity index (χ0v) is 13.4. The van der Waals surface area contributed by atoms with Crippen LogP contribution >= 0.6 is 0 Å². The Balaban J connectivity index is 1.47. The Hall–Kier alpha value is -1.77. The molecule has 0 spiro atoms. The van der Waals surface area contributed by atoms with Crippen molar-refractivity contribution in [1.29, 1.82) is 0 Å². The minimum Gasteiger partial charge on any atom is -0.361 e. The van der Waals surface area contributed by atoms with Crippen LogP contribution in [0.1, 0.15) is 51.0 Å². The van der Waals surface area contributed by atoms with Gasteiger partial charge in [-0.15, -0.1) is 0 Å². The van der Waals surface area contributed by atoms with Crippen LogP contribution < -0.4 is 5.32 Å². The Bertz CT molecular complexity index is 631. The average molecular weight is 298 g/mol. The first-order valence-corrected chi connectivity index (χ1v) is 8.58. The summed E-state index contributed by atoms with van der Waals surface area (Å²) in [5.74, 6) is 0.852. The standard InChI is InChI=1S/C19H26N2O/c1-14-7-2-4-10-17(14)21-19(22)12-6-8-15-13-20-18-11-5-3-9-16(15)18/h3,5,9,11,13-14,17,20H,2,4,6-8,10,12H2,1H3,(H,21,22)/t14-,17-/m1/s1. The van der Waals surface area contributed by atoms with Crippen LogP contribution in [0.25, 0.3) is 10.9 Å². The normalized spacial score (nSPS) is 21.9. The highest BCUT2D eigenvalue weighted by Crippen LogP contribution is 2.24. The molecule has 0 unspecified atom stereocenters. The maximum Gasteiger partial charge on any atom is 0.220 e. The summed E-state index contributed by atoms with van der Waals surface area (Å²) in [7, 11) is 0. The number of amides is 1. The van der Waals surface area contributed by atoms with Crippen LogP contribution in [0, 0.1) is 5.92 Å². The maximum absolute atomic E-state index is 12.1. The monoisotopic (exact) mass is 298 g/mol. The van der Waals surface area contributed by atoms with Crippen molar-refractivity contribution in [3.8, 4) is 0 Å². The molecule has 1 heterocycles. The highest BCUT2D eigenvalue weighted by Gasteiger charge is 2.22. The van der Waals surface area contributed by atoms with E-state index in [1.54, 1.807) is 0 Å². The highest BCUT2D eigenvalue weighted by atomic mass is 16.1. The van der Waals surface area contributed by atoms with Gasteiger partial charge in [0.2, 0.25) is 5.91 Å². The molecule has 0 radical (unpaired) electrons. The number of aryl methyl sites for hydroxylation is 1. The highest BCUT2D eigenvalue weighted by molar-refractivity contribution is 5.83. The third-order valence-electron chi connectivity index (χ3n) is 4.98. The Morgan fingerprint density at radius 1 is 1.27 bits per heavy atom. The summed E-state index contributed by atoms with van der Waals surface area (Å²) in [6, 6.07) is 8.74. The summed E-state index contributed by atoms with van der Waals surface area (Å²) in [6.07, 6.45) is 9.54. The van der Waals surface area contributed by atoms with Crippen molar-refractivity contribution in [2.24, 2.45) is 5.92 Å². The minimum atomic E-state index is 0.221. The van der Waals surface area contributed by atoms with E-state index in [1.165, 1.54) is 35.7 Å². The van der Waals surface area contributed by atoms with Gasteiger partial charge in [0.15, 0.2) is 0 Å². The lowest BCUT2D eigenvalue weighted by molar-refractivity contribution is -0.122. The number of H-pyrrole nitrogens is 1. The van der Waals surface area contributed by atoms with Crippen LogP contribution in [0.15, 0.2) is 30.5 Å². The first-order chi connectivity index (χ1) is 10.7. The summed E-state index contributed by atoms with van der Waals surface area (Å²) < 4.78 is 0. The van der Waals surface area contributed by atoms with E-state index in [0.29, 0.717) is 18.4 Å². The van der Waals surface area contributed by atoms with Gasteiger partial charge in [0, 0.05) is 29.6 Å². The van der Waals surface area contributed by atoms with E-state index in [1.807, 2.05) is 6.07 Å². The van der Waals surface area contributed by atoms with E-state index in [0.717, 1.165) is 19.3 Å². The molecule has 1 aromatic heterocycles. The number of carbonyl (C=O) groups is 1. The Morgan fingerprint density at radius 2 is 2.09 bits per heavy atom. The molecule has 22 heavy (non-hydrogen) atoms. The molecule has 2 N–H and O–H groups in total. The number of hydrogen-bond donors (Lipinski definition) is 2. The third-order valence-corrected chi connectivity index (χ3v) is 4.98. The van der Waals surface area contributed by atoms with E-state index in [4.69, 9.17) is 0 Å². The molecule has 0 bridgehead atoms. The van der Waals surface area contributed by atoms with Gasteiger partial charge in [0.1, 0.15) is 0 Å². The molecule has 1 aliphatic rings. The number of nitrogens with one attached hydrogen (secondary N) is 2. The number of para-hydroxylation sites is 1. The molecule has 1 fully saturated rings. The summed E-state index contributed by atoms with van der Waals surface area (Å²) in [5.41, 5.74) is 2.49. The quantitative estimate of drug-likeness (QED) is 0.854. The summed E-state index contributed by atoms with van der Waals surface area (Å²) in [6.45, 7) is 2.26. The van der Waals surface area contributed by atoms with E-state index >= 15 is 0 Å². The van der Waals surface area contributed by atoms with Crippen LogP contribution in [0.5, 0.6) is 0 Å². The molecule has 1 aliphatic carbocycles. The lowest BCUT2D eigenvalue weighted by Gasteiger charge is -2.29. The molecule has 0 saturated heterocycles. The molecule has 3 heteroatoms. The van der Waals surface area contributed by atoms with Crippen molar-refractivity contribution in [3.63, 3.8) is 0 Å². The first-order valence-electron chi connectivity index (χ1n) is 8.58. The summed E-state index contributed by atoms with van der Waals surface area (Å²) in [4.78, 5) is 15.4. The van der Waals surface area contributed by atoms with Crippen LogP contribution in [0.4, 0.5) is 0 Å². The van der Waals surface area contributed by atoms with E-state index in [9.17, 15) is 4.79 Å². The second kappa shape index (κ2) is 6.99. The Kier molecular flexibility index (Phi) is 4.81. The SMILES string of the molecule is C[C@@H]1CCCC[C@H]1NC(=O)CCCc1c[nH]c2ccccc12. The van der Waals surface area contributed by atoms with Crippen molar-refractivity contribution in [2.45, 2.75) is 57.9 Å². The fourth-order valence-electron chi connectivity index (χ4n) is 3.59. The van der Waals surface area contributed by atoms with Gasteiger partial charge in [-0.3, -0.25) is 4.79 Å². The lowest BCUT2D eigenvalue weighted by Crippen LogP contribution is -2.40. The van der Waals surface area contributed by atoms with Crippen molar-refractivity contribution in [3.05, 3.63) is 36.0 Å². The first kappa shape index (κ1) is 15.1. The molecule has 1 aromatic carbocycles. The van der Waals surface area contributed by atoms with Crippen LogP contribution in [-0.2, 0) is 11.2 Å². The average Bonchev–Trinajstić information content (AvgIpc) is 2.93. The lowest BCUT2D eigenvalue weighted by atomic mass is 9.86. The van der Waals surface area contributed by atoms with Gasteiger partial charge >= 0.3 is 0 Å². The van der Waals surface area contributed by atoms with Gasteiger partial charge in [-0.05, 0) is 43.2 Å². The zero-order chi connectivity index (χ0) is 15.4. The van der Waals surface area contributed by atoms with Crippen molar-refractivity contribution in [2.75, 3.05) is 0 Å². The molecular formula is C19H26N2O. The molecule has 3 rings (SSSR count). The number of benzene rings is 1. The molecular weight excluding hydrogens is 272 g/mol. The van der Waals surface area contributed by atoms with Crippen molar-refractivity contribution < 1.29 is 4.79 Å². The Morgan fingerprint density at radius 3 is 2.95 bits per heavy atom. The second-order valence-corrected chi connectivity index (χ2v) is 6.65. The predicted octanol–water partition coefficient (Wildman–Crippen LogP) is 4.19. The largest absolute Gasteiger partial charge is 0.361 e. The van der Waals surface area contributed by atoms with E-state index in [-0.39, 0.29) is 5.91 Å². The number of hydrogen-bond acceptors (Lipinski definition) is 1. The summed E-state index contributed by atoms with van der Waals surface area (Å²) >= 11 is 0. The van der Waals surface area contributed by atoms with Gasteiger partial charge in [-0.2, -0.15) is 0 Å². The van der Waals surface area contributed by atoms with Crippen molar-refractivity contribution in [1.82, 2.24) is 10.3 Å². The number of fused-ring (bicyclic) bond motifs is 1. The zero-order valence-electron chi connectivity index (χ0n) is 13.4. The van der Waals surface area contributed by atoms with Gasteiger partial charge in [0.05, 0.1) is 0 Å². The molecule has 2 atom stereocenters. The third kappa shape index (κ3) is 3.52. The number of carbonyl (C=O) groups excluding carboxylic acids is 1. The Labute approximate surface area is 132 Å². The molecule has 2 aromatic rings. The smallest absolute Gasteiger partial charge is 0.220 e. The maximum atomic E-state index is 12.1. The van der Waals surface area contributed by atoms with Gasteiger partial charge in [0.25, 0.3) is 0 Å². The number of aromatic amines is 1. The molecule has 118 valence electrons. The number of rotatable bonds is 5. The van der Waals surface area contributed by atoms with Gasteiger partial charge < -0.3 is 10.3 Å². The topological polar surface area (TPSA) is 44.9 Å². The molecule has 3 nitrogen and oxygen atoms in total. The van der Waals surface area contributed by atoms with Gasteiger partial charge in [-0.25, -0.2) is 0 Å². The fraction of sp³-hybridized carbons (Fsp3) is 0.526. The summed E-state index contributed by atoms with van der Waals surface area (Å²) in [5, 5.41) is 4.52. The minimum absolute atomic E-state index is 0.221. The van der Waals surface area contributed by atoms with E-state index in [2.05, 4.69) is 41.6 Å². The van der Waals surface area contributed by atoms with Crippen LogP contribution in [0.3, 0.4) is 0 Å². The van der Waals surface area contributed by atoms with Crippen molar-refractivity contribution >= 4 is 16.8 Å². The van der Waals surface area contributed by atoms with Crippen LogP contribution in [-0.4, -0.2) is 16.9 Å². The predicted molar refractivity (Wildman–Crippen MR) is 90.8 cm³/mol. The van der Waals surface area contributed by atoms with Gasteiger partial charge in [-0.1, -0.05) is 38.0 Å². The van der Waals surface area contributed by atoms with Crippen LogP contribution in [0.2, 0.25) is 0 Å². The second-order valence-electron chi connectivity index (χ2n) is 6.65.